The van der Waals surface area contributed by atoms with Crippen LogP contribution in [0.2, 0.25) is 0 Å². The molecule has 0 radical (unpaired) electrons. The van der Waals surface area contributed by atoms with Crippen molar-refractivity contribution in [3.05, 3.63) is 17.8 Å². The highest BCUT2D eigenvalue weighted by atomic mass is 16.2. The molecule has 1 saturated heterocycles. The maximum atomic E-state index is 12.9. The normalized spacial score (nSPS) is 22.1. The van der Waals surface area contributed by atoms with Crippen molar-refractivity contribution in [2.24, 2.45) is 0 Å². The van der Waals surface area contributed by atoms with Crippen LogP contribution < -0.4 is 10.6 Å². The molecule has 7 nitrogen and oxygen atoms in total. The Kier molecular flexibility index (Phi) is 4.57. The second-order valence-corrected chi connectivity index (χ2v) is 7.14. The summed E-state index contributed by atoms with van der Waals surface area (Å²) in [7, 11) is 0. The van der Waals surface area contributed by atoms with Gasteiger partial charge in [0, 0.05) is 38.4 Å². The highest BCUT2D eigenvalue weighted by Gasteiger charge is 2.27. The summed E-state index contributed by atoms with van der Waals surface area (Å²) in [6, 6.07) is 2.44. The van der Waals surface area contributed by atoms with Gasteiger partial charge in [0.1, 0.15) is 5.82 Å². The van der Waals surface area contributed by atoms with Gasteiger partial charge in [-0.05, 0) is 25.3 Å². The second kappa shape index (κ2) is 7.00. The van der Waals surface area contributed by atoms with Gasteiger partial charge in [0.2, 0.25) is 5.91 Å². The Morgan fingerprint density at radius 3 is 2.80 bits per heavy atom. The number of nitrogens with one attached hydrogen (secondary N) is 2. The summed E-state index contributed by atoms with van der Waals surface area (Å²) < 4.78 is 0. The van der Waals surface area contributed by atoms with Crippen LogP contribution in [0.4, 0.5) is 11.5 Å². The number of aromatic nitrogens is 1. The fourth-order valence-electron chi connectivity index (χ4n) is 4.13. The van der Waals surface area contributed by atoms with Crippen molar-refractivity contribution in [3.63, 3.8) is 0 Å². The first kappa shape index (κ1) is 16.3. The van der Waals surface area contributed by atoms with Crippen molar-refractivity contribution in [1.82, 2.24) is 14.8 Å². The van der Waals surface area contributed by atoms with E-state index in [1.165, 1.54) is 25.7 Å². The third kappa shape index (κ3) is 3.46. The Morgan fingerprint density at radius 2 is 1.96 bits per heavy atom. The summed E-state index contributed by atoms with van der Waals surface area (Å²) in [5, 5.41) is 5.72. The predicted molar refractivity (Wildman–Crippen MR) is 95.7 cm³/mol. The summed E-state index contributed by atoms with van der Waals surface area (Å²) in [4.78, 5) is 33.2. The number of anilines is 2. The van der Waals surface area contributed by atoms with Crippen molar-refractivity contribution >= 4 is 23.3 Å². The Morgan fingerprint density at radius 1 is 1.12 bits per heavy atom. The quantitative estimate of drug-likeness (QED) is 0.852. The molecule has 0 aromatic carbocycles. The average Bonchev–Trinajstić information content (AvgIpc) is 3.05. The van der Waals surface area contributed by atoms with Gasteiger partial charge in [-0.2, -0.15) is 0 Å². The van der Waals surface area contributed by atoms with Gasteiger partial charge in [0.15, 0.2) is 0 Å². The molecular weight excluding hydrogens is 318 g/mol. The summed E-state index contributed by atoms with van der Waals surface area (Å²) in [5.74, 6) is 0.517. The van der Waals surface area contributed by atoms with E-state index in [2.05, 4.69) is 20.5 Å². The summed E-state index contributed by atoms with van der Waals surface area (Å²) in [6.07, 6.45) is 7.89. The molecule has 2 fully saturated rings. The lowest BCUT2D eigenvalue weighted by atomic mass is 10.2. The number of hydrogen-bond acceptors (Lipinski definition) is 5. The highest BCUT2D eigenvalue weighted by Crippen LogP contribution is 2.26. The number of rotatable bonds is 2. The number of pyridine rings is 1. The van der Waals surface area contributed by atoms with Gasteiger partial charge in [-0.1, -0.05) is 12.8 Å². The Labute approximate surface area is 147 Å². The van der Waals surface area contributed by atoms with Gasteiger partial charge in [-0.3, -0.25) is 14.5 Å². The molecule has 3 aliphatic rings. The van der Waals surface area contributed by atoms with Crippen LogP contribution in [0, 0.1) is 0 Å². The Balaban J connectivity index is 1.44. The van der Waals surface area contributed by atoms with Crippen LogP contribution in [0.3, 0.4) is 0 Å². The second-order valence-electron chi connectivity index (χ2n) is 7.14. The van der Waals surface area contributed by atoms with Crippen molar-refractivity contribution in [2.75, 3.05) is 43.4 Å². The van der Waals surface area contributed by atoms with Crippen molar-refractivity contribution in [1.29, 1.82) is 0 Å². The minimum Gasteiger partial charge on any atom is -0.359 e. The van der Waals surface area contributed by atoms with Crippen LogP contribution in [0.1, 0.15) is 42.5 Å². The van der Waals surface area contributed by atoms with Crippen LogP contribution in [-0.4, -0.2) is 65.4 Å². The Bertz CT molecular complexity index is 671. The molecule has 2 aliphatic heterocycles. The first-order valence-electron chi connectivity index (χ1n) is 9.28. The van der Waals surface area contributed by atoms with E-state index in [1.54, 1.807) is 12.3 Å². The monoisotopic (exact) mass is 343 g/mol. The molecular formula is C18H25N5O2. The molecule has 2 amide bonds. The number of carbonyl (C=O) groups excluding carboxylic acids is 2. The fourth-order valence-corrected chi connectivity index (χ4v) is 4.13. The maximum Gasteiger partial charge on any atom is 0.255 e. The van der Waals surface area contributed by atoms with E-state index in [1.807, 2.05) is 4.90 Å². The number of carbonyl (C=O) groups is 2. The molecule has 25 heavy (non-hydrogen) atoms. The molecule has 4 rings (SSSR count). The standard InChI is InChI=1S/C18H25N5O2/c24-16-12-20-17-15(21-16)10-13(11-19-17)18(25)23-7-3-6-22(8-9-23)14-4-1-2-5-14/h10-11,14H,1-9,12H2,(H,19,20)(H,21,24). The van der Waals surface area contributed by atoms with Crippen molar-refractivity contribution in [2.45, 2.75) is 38.1 Å². The van der Waals surface area contributed by atoms with E-state index >= 15 is 0 Å². The fraction of sp³-hybridized carbons (Fsp3) is 0.611. The number of fused-ring (bicyclic) bond motifs is 1. The van der Waals surface area contributed by atoms with Gasteiger partial charge in [0.05, 0.1) is 17.8 Å². The van der Waals surface area contributed by atoms with Crippen molar-refractivity contribution < 1.29 is 9.59 Å². The van der Waals surface area contributed by atoms with E-state index in [-0.39, 0.29) is 18.4 Å². The number of nitrogens with zero attached hydrogens (tertiary/aromatic N) is 3. The minimum atomic E-state index is -0.110. The van der Waals surface area contributed by atoms with Crippen molar-refractivity contribution in [3.8, 4) is 0 Å². The average molecular weight is 343 g/mol. The third-order valence-electron chi connectivity index (χ3n) is 5.48. The topological polar surface area (TPSA) is 77.6 Å². The first-order valence-corrected chi connectivity index (χ1v) is 9.28. The summed E-state index contributed by atoms with van der Waals surface area (Å²) in [6.45, 7) is 3.79. The number of hydrogen-bond donors (Lipinski definition) is 2. The molecule has 1 aromatic rings. The smallest absolute Gasteiger partial charge is 0.255 e. The van der Waals surface area contributed by atoms with Crippen LogP contribution in [-0.2, 0) is 4.79 Å². The highest BCUT2D eigenvalue weighted by molar-refractivity contribution is 6.02. The molecule has 2 N–H and O–H groups in total. The van der Waals surface area contributed by atoms with Gasteiger partial charge >= 0.3 is 0 Å². The zero-order valence-corrected chi connectivity index (χ0v) is 14.5. The van der Waals surface area contributed by atoms with Crippen LogP contribution >= 0.6 is 0 Å². The van der Waals surface area contributed by atoms with E-state index in [0.717, 1.165) is 32.6 Å². The molecule has 0 bridgehead atoms. The van der Waals surface area contributed by atoms with E-state index < -0.39 is 0 Å². The molecule has 0 spiro atoms. The lowest BCUT2D eigenvalue weighted by Crippen LogP contribution is -2.38. The van der Waals surface area contributed by atoms with Gasteiger partial charge in [-0.25, -0.2) is 4.98 Å². The first-order chi connectivity index (χ1) is 12.2. The lowest BCUT2D eigenvalue weighted by molar-refractivity contribution is -0.114. The van der Waals surface area contributed by atoms with Gasteiger partial charge < -0.3 is 15.5 Å². The van der Waals surface area contributed by atoms with E-state index in [9.17, 15) is 9.59 Å². The molecule has 7 heteroatoms. The Hall–Kier alpha value is -2.15. The molecule has 134 valence electrons. The van der Waals surface area contributed by atoms with Gasteiger partial charge in [-0.15, -0.1) is 0 Å². The zero-order valence-electron chi connectivity index (χ0n) is 14.5. The molecule has 1 aliphatic carbocycles. The largest absolute Gasteiger partial charge is 0.359 e. The van der Waals surface area contributed by atoms with Gasteiger partial charge in [0.25, 0.3) is 5.91 Å². The zero-order chi connectivity index (χ0) is 17.2. The number of amides is 2. The minimum absolute atomic E-state index is 0.00314. The molecule has 0 atom stereocenters. The predicted octanol–water partition coefficient (Wildman–Crippen LogP) is 1.54. The summed E-state index contributed by atoms with van der Waals surface area (Å²) in [5.41, 5.74) is 1.13. The lowest BCUT2D eigenvalue weighted by Gasteiger charge is -2.27. The third-order valence-corrected chi connectivity index (χ3v) is 5.48. The maximum absolute atomic E-state index is 12.9. The van der Waals surface area contributed by atoms with Crippen LogP contribution in [0.25, 0.3) is 0 Å². The van der Waals surface area contributed by atoms with Crippen LogP contribution in [0.15, 0.2) is 12.3 Å². The summed E-state index contributed by atoms with van der Waals surface area (Å²) >= 11 is 0. The molecule has 1 aromatic heterocycles. The molecule has 0 unspecified atom stereocenters. The SMILES string of the molecule is O=C1CNc2ncc(C(=O)N3CCCN(C4CCCC4)CC3)cc2N1. The molecule has 1 saturated carbocycles. The van der Waals surface area contributed by atoms with E-state index in [4.69, 9.17) is 0 Å². The van der Waals surface area contributed by atoms with Crippen LogP contribution in [0.5, 0.6) is 0 Å². The van der Waals surface area contributed by atoms with E-state index in [0.29, 0.717) is 23.1 Å². The molecule has 3 heterocycles.